The summed E-state index contributed by atoms with van der Waals surface area (Å²) in [5, 5.41) is 19.6. The molecule has 0 aliphatic heterocycles. The van der Waals surface area contributed by atoms with Gasteiger partial charge in [0.2, 0.25) is 0 Å². The quantitative estimate of drug-likeness (QED) is 0.776. The first kappa shape index (κ1) is 17.4. The van der Waals surface area contributed by atoms with Gasteiger partial charge in [-0.25, -0.2) is 14.5 Å². The summed E-state index contributed by atoms with van der Waals surface area (Å²) >= 11 is 0. The number of aliphatic hydroxyl groups excluding tert-OH is 1. The van der Waals surface area contributed by atoms with Crippen molar-refractivity contribution in [2.75, 3.05) is 6.61 Å². The molecule has 3 N–H and O–H groups in total. The highest BCUT2D eigenvalue weighted by atomic mass is 16.3. The summed E-state index contributed by atoms with van der Waals surface area (Å²) in [7, 11) is 0. The van der Waals surface area contributed by atoms with Crippen molar-refractivity contribution < 1.29 is 9.90 Å². The lowest BCUT2D eigenvalue weighted by Gasteiger charge is -2.31. The first-order chi connectivity index (χ1) is 12.2. The molecule has 0 saturated heterocycles. The van der Waals surface area contributed by atoms with Crippen LogP contribution < -0.4 is 10.6 Å². The molecule has 1 aliphatic rings. The van der Waals surface area contributed by atoms with Crippen LogP contribution in [0.5, 0.6) is 0 Å². The van der Waals surface area contributed by atoms with Crippen molar-refractivity contribution in [1.29, 1.82) is 0 Å². The molecule has 0 radical (unpaired) electrons. The van der Waals surface area contributed by atoms with Gasteiger partial charge in [-0.15, -0.1) is 0 Å². The van der Waals surface area contributed by atoms with Crippen LogP contribution in [0.1, 0.15) is 44.2 Å². The number of amides is 2. The molecule has 3 rings (SSSR count). The van der Waals surface area contributed by atoms with Gasteiger partial charge >= 0.3 is 6.03 Å². The van der Waals surface area contributed by atoms with Crippen LogP contribution in [-0.4, -0.2) is 38.6 Å². The van der Waals surface area contributed by atoms with Crippen LogP contribution in [0.2, 0.25) is 0 Å². The van der Waals surface area contributed by atoms with E-state index in [2.05, 4.69) is 20.7 Å². The minimum Gasteiger partial charge on any atom is -0.396 e. The Morgan fingerprint density at radius 1 is 1.40 bits per heavy atom. The SMILES string of the molecule is C[C@H](NC(=O)N[C@@H]1CCCC[C@H]1CO)c1cccc(-n2cncn2)c1. The second kappa shape index (κ2) is 8.11. The van der Waals surface area contributed by atoms with Gasteiger partial charge in [0.05, 0.1) is 11.7 Å². The molecular weight excluding hydrogens is 318 g/mol. The van der Waals surface area contributed by atoms with E-state index in [1.165, 1.54) is 6.33 Å². The smallest absolute Gasteiger partial charge is 0.315 e. The van der Waals surface area contributed by atoms with E-state index in [-0.39, 0.29) is 30.6 Å². The van der Waals surface area contributed by atoms with E-state index >= 15 is 0 Å². The predicted octanol–water partition coefficient (Wildman–Crippen LogP) is 2.18. The summed E-state index contributed by atoms with van der Waals surface area (Å²) < 4.78 is 1.68. The Morgan fingerprint density at radius 3 is 3.00 bits per heavy atom. The number of benzene rings is 1. The molecule has 134 valence electrons. The summed E-state index contributed by atoms with van der Waals surface area (Å²) in [6.45, 7) is 2.07. The molecule has 7 nitrogen and oxygen atoms in total. The van der Waals surface area contributed by atoms with E-state index < -0.39 is 0 Å². The maximum Gasteiger partial charge on any atom is 0.315 e. The molecule has 1 aromatic carbocycles. The van der Waals surface area contributed by atoms with Crippen LogP contribution >= 0.6 is 0 Å². The van der Waals surface area contributed by atoms with E-state index in [1.807, 2.05) is 31.2 Å². The summed E-state index contributed by atoms with van der Waals surface area (Å²) in [6, 6.07) is 7.56. The number of urea groups is 1. The van der Waals surface area contributed by atoms with Gasteiger partial charge in [-0.05, 0) is 37.5 Å². The number of nitrogens with one attached hydrogen (secondary N) is 2. The van der Waals surface area contributed by atoms with Crippen molar-refractivity contribution >= 4 is 6.03 Å². The van der Waals surface area contributed by atoms with Gasteiger partial charge in [0.25, 0.3) is 0 Å². The van der Waals surface area contributed by atoms with Crippen LogP contribution in [-0.2, 0) is 0 Å². The van der Waals surface area contributed by atoms with Crippen LogP contribution in [0.4, 0.5) is 4.79 Å². The molecule has 1 fully saturated rings. The highest BCUT2D eigenvalue weighted by Gasteiger charge is 2.26. The average Bonchev–Trinajstić information content (AvgIpc) is 3.17. The lowest BCUT2D eigenvalue weighted by molar-refractivity contribution is 0.153. The van der Waals surface area contributed by atoms with Gasteiger partial charge in [0.1, 0.15) is 12.7 Å². The second-order valence-electron chi connectivity index (χ2n) is 6.61. The third-order valence-electron chi connectivity index (χ3n) is 4.86. The third kappa shape index (κ3) is 4.36. The molecule has 0 unspecified atom stereocenters. The topological polar surface area (TPSA) is 92.1 Å². The van der Waals surface area contributed by atoms with Crippen molar-refractivity contribution in [3.63, 3.8) is 0 Å². The fourth-order valence-corrected chi connectivity index (χ4v) is 3.38. The van der Waals surface area contributed by atoms with Crippen LogP contribution in [0.3, 0.4) is 0 Å². The Kier molecular flexibility index (Phi) is 5.65. The first-order valence-electron chi connectivity index (χ1n) is 8.80. The molecule has 7 heteroatoms. The Balaban J connectivity index is 1.61. The van der Waals surface area contributed by atoms with Crippen LogP contribution in [0, 0.1) is 5.92 Å². The van der Waals surface area contributed by atoms with Crippen LogP contribution in [0.15, 0.2) is 36.9 Å². The predicted molar refractivity (Wildman–Crippen MR) is 94.3 cm³/mol. The van der Waals surface area contributed by atoms with E-state index in [0.717, 1.165) is 36.9 Å². The molecule has 0 spiro atoms. The molecule has 1 aromatic heterocycles. The fraction of sp³-hybridized carbons (Fsp3) is 0.500. The molecule has 1 heterocycles. The largest absolute Gasteiger partial charge is 0.396 e. The highest BCUT2D eigenvalue weighted by Crippen LogP contribution is 2.24. The van der Waals surface area contributed by atoms with Crippen molar-refractivity contribution in [1.82, 2.24) is 25.4 Å². The molecule has 2 amide bonds. The molecule has 3 atom stereocenters. The summed E-state index contributed by atoms with van der Waals surface area (Å²) in [5.41, 5.74) is 1.89. The highest BCUT2D eigenvalue weighted by molar-refractivity contribution is 5.74. The Hall–Kier alpha value is -2.41. The number of hydrogen-bond acceptors (Lipinski definition) is 4. The molecular formula is C18H25N5O2. The number of aromatic nitrogens is 3. The lowest BCUT2D eigenvalue weighted by Crippen LogP contribution is -2.48. The number of hydrogen-bond donors (Lipinski definition) is 3. The van der Waals surface area contributed by atoms with Gasteiger partial charge in [-0.3, -0.25) is 0 Å². The maximum absolute atomic E-state index is 12.3. The minimum atomic E-state index is -0.191. The minimum absolute atomic E-state index is 0.0485. The number of carbonyl (C=O) groups is 1. The zero-order valence-electron chi connectivity index (χ0n) is 14.4. The number of nitrogens with zero attached hydrogens (tertiary/aromatic N) is 3. The number of carbonyl (C=O) groups excluding carboxylic acids is 1. The van der Waals surface area contributed by atoms with Crippen molar-refractivity contribution in [3.8, 4) is 5.69 Å². The van der Waals surface area contributed by atoms with Crippen molar-refractivity contribution in [2.45, 2.75) is 44.7 Å². The Labute approximate surface area is 147 Å². The zero-order valence-corrected chi connectivity index (χ0v) is 14.4. The Bertz CT molecular complexity index is 689. The molecule has 2 aromatic rings. The molecule has 0 bridgehead atoms. The zero-order chi connectivity index (χ0) is 17.6. The number of aliphatic hydroxyl groups is 1. The second-order valence-corrected chi connectivity index (χ2v) is 6.61. The summed E-state index contributed by atoms with van der Waals surface area (Å²) in [6.07, 6.45) is 7.24. The van der Waals surface area contributed by atoms with Gasteiger partial charge in [0, 0.05) is 18.6 Å². The van der Waals surface area contributed by atoms with Gasteiger partial charge in [0.15, 0.2) is 0 Å². The Morgan fingerprint density at radius 2 is 2.24 bits per heavy atom. The van der Waals surface area contributed by atoms with Crippen LogP contribution in [0.25, 0.3) is 5.69 Å². The van der Waals surface area contributed by atoms with Crippen molar-refractivity contribution in [2.24, 2.45) is 5.92 Å². The molecule has 25 heavy (non-hydrogen) atoms. The first-order valence-corrected chi connectivity index (χ1v) is 8.80. The van der Waals surface area contributed by atoms with E-state index in [4.69, 9.17) is 0 Å². The lowest BCUT2D eigenvalue weighted by atomic mass is 9.85. The summed E-state index contributed by atoms with van der Waals surface area (Å²) in [4.78, 5) is 16.3. The molecule has 1 saturated carbocycles. The number of rotatable bonds is 5. The summed E-state index contributed by atoms with van der Waals surface area (Å²) in [5.74, 6) is 0.158. The van der Waals surface area contributed by atoms with E-state index in [9.17, 15) is 9.90 Å². The maximum atomic E-state index is 12.3. The third-order valence-corrected chi connectivity index (χ3v) is 4.86. The van der Waals surface area contributed by atoms with Crippen molar-refractivity contribution in [3.05, 3.63) is 42.5 Å². The normalized spacial score (nSPS) is 21.5. The molecule has 1 aliphatic carbocycles. The van der Waals surface area contributed by atoms with Gasteiger partial charge in [-0.1, -0.05) is 25.0 Å². The average molecular weight is 343 g/mol. The van der Waals surface area contributed by atoms with Gasteiger partial charge < -0.3 is 15.7 Å². The fourth-order valence-electron chi connectivity index (χ4n) is 3.38. The van der Waals surface area contributed by atoms with Gasteiger partial charge in [-0.2, -0.15) is 5.10 Å². The van der Waals surface area contributed by atoms with E-state index in [1.54, 1.807) is 11.0 Å². The van der Waals surface area contributed by atoms with E-state index in [0.29, 0.717) is 0 Å². The standard InChI is InChI=1S/C18H25N5O2/c1-13(14-6-4-7-16(9-14)23-12-19-11-20-23)21-18(25)22-17-8-3-2-5-15(17)10-24/h4,6-7,9,11-13,15,17,24H,2-3,5,8,10H2,1H3,(H2,21,22,25)/t13-,15-,17+/m0/s1. The monoisotopic (exact) mass is 343 g/mol.